The molecule has 0 radical (unpaired) electrons. The van der Waals surface area contributed by atoms with E-state index in [9.17, 15) is 4.57 Å². The molecule has 0 aromatic rings. The number of rotatable bonds is 7. The molecule has 2 saturated carbocycles. The second-order valence-corrected chi connectivity index (χ2v) is 18.3. The molecular formula is C34H55O12P. The van der Waals surface area contributed by atoms with Crippen LogP contribution in [0.25, 0.3) is 0 Å². The summed E-state index contributed by atoms with van der Waals surface area (Å²) in [6.45, 7) is 12.9. The van der Waals surface area contributed by atoms with Crippen LogP contribution in [-0.4, -0.2) is 67.9 Å². The van der Waals surface area contributed by atoms with Gasteiger partial charge in [-0.3, -0.25) is 13.6 Å². The maximum atomic E-state index is 13.7. The molecule has 47 heavy (non-hydrogen) atoms. The summed E-state index contributed by atoms with van der Waals surface area (Å²) < 4.78 is 58.1. The monoisotopic (exact) mass is 686 g/mol. The van der Waals surface area contributed by atoms with Crippen LogP contribution in [0.2, 0.25) is 0 Å². The molecule has 10 fully saturated rings. The first-order chi connectivity index (χ1) is 22.3. The molecule has 12 nitrogen and oxygen atoms in total. The van der Waals surface area contributed by atoms with E-state index in [1.807, 2.05) is 13.8 Å². The average molecular weight is 687 g/mol. The summed E-state index contributed by atoms with van der Waals surface area (Å²) in [5.74, 6) is -0.147. The summed E-state index contributed by atoms with van der Waals surface area (Å²) in [5, 5.41) is 0. The van der Waals surface area contributed by atoms with Crippen molar-refractivity contribution in [1.82, 2.24) is 0 Å². The number of phosphoric acid groups is 1. The minimum Gasteiger partial charge on any atom is -0.346 e. The van der Waals surface area contributed by atoms with Crippen LogP contribution in [0.3, 0.4) is 0 Å². The fourth-order valence-electron chi connectivity index (χ4n) is 11.4. The molecule has 0 aromatic carbocycles. The average Bonchev–Trinajstić information content (AvgIpc) is 3.42. The number of ether oxygens (including phenoxy) is 4. The van der Waals surface area contributed by atoms with Crippen molar-refractivity contribution in [3.8, 4) is 0 Å². The van der Waals surface area contributed by atoms with Crippen molar-refractivity contribution in [2.45, 2.75) is 153 Å². The Labute approximate surface area is 278 Å². The van der Waals surface area contributed by atoms with Crippen molar-refractivity contribution < 1.29 is 56.6 Å². The summed E-state index contributed by atoms with van der Waals surface area (Å²) in [6, 6.07) is 0. The predicted molar refractivity (Wildman–Crippen MR) is 165 cm³/mol. The maximum Gasteiger partial charge on any atom is 0.474 e. The fourth-order valence-corrected chi connectivity index (χ4v) is 12.3. The minimum atomic E-state index is -3.92. The lowest BCUT2D eigenvalue weighted by Crippen LogP contribution is -2.72. The molecular weight excluding hydrogens is 631 g/mol. The number of fused-ring (bicyclic) bond motifs is 4. The van der Waals surface area contributed by atoms with Crippen LogP contribution in [0.1, 0.15) is 99.3 Å². The first-order valence-electron chi connectivity index (χ1n) is 18.1. The molecule has 8 heterocycles. The second kappa shape index (κ2) is 11.7. The normalized spacial score (nSPS) is 55.8. The van der Waals surface area contributed by atoms with E-state index in [0.29, 0.717) is 18.3 Å². The third-order valence-corrected chi connectivity index (χ3v) is 15.5. The van der Waals surface area contributed by atoms with E-state index in [2.05, 4.69) is 27.7 Å². The number of phosphoric ester groups is 1. The fraction of sp³-hybridized carbons (Fsp3) is 1.00. The van der Waals surface area contributed by atoms with Crippen LogP contribution in [0.15, 0.2) is 0 Å². The summed E-state index contributed by atoms with van der Waals surface area (Å²) in [5.41, 5.74) is -1.40. The van der Waals surface area contributed by atoms with Gasteiger partial charge >= 0.3 is 7.82 Å². The van der Waals surface area contributed by atoms with Gasteiger partial charge in [-0.25, -0.2) is 24.1 Å². The highest BCUT2D eigenvalue weighted by atomic mass is 31.2. The van der Waals surface area contributed by atoms with Crippen molar-refractivity contribution in [3.63, 3.8) is 0 Å². The molecule has 10 rings (SSSR count). The molecule has 0 aromatic heterocycles. The van der Waals surface area contributed by atoms with Gasteiger partial charge in [0.2, 0.25) is 11.6 Å². The Morgan fingerprint density at radius 3 is 1.72 bits per heavy atom. The Bertz CT molecular complexity index is 1250. The summed E-state index contributed by atoms with van der Waals surface area (Å²) in [7, 11) is -1.24. The first-order valence-corrected chi connectivity index (χ1v) is 19.6. The zero-order chi connectivity index (χ0) is 33.1. The molecule has 0 amide bonds. The Hall–Kier alpha value is -0.210. The molecule has 17 atom stereocenters. The molecule has 8 saturated heterocycles. The molecule has 8 aliphatic heterocycles. The molecule has 13 heteroatoms. The Balaban J connectivity index is 1.13. The van der Waals surface area contributed by atoms with Gasteiger partial charge in [0, 0.05) is 45.3 Å². The van der Waals surface area contributed by atoms with Gasteiger partial charge in [0.25, 0.3) is 0 Å². The van der Waals surface area contributed by atoms with Crippen LogP contribution in [0.4, 0.5) is 0 Å². The van der Waals surface area contributed by atoms with E-state index in [-0.39, 0.29) is 41.6 Å². The van der Waals surface area contributed by atoms with Crippen LogP contribution in [0, 0.1) is 47.3 Å². The summed E-state index contributed by atoms with van der Waals surface area (Å²) in [6.07, 6.45) is 5.06. The number of hydrogen-bond donors (Lipinski definition) is 0. The smallest absolute Gasteiger partial charge is 0.346 e. The lowest BCUT2D eigenvalue weighted by molar-refractivity contribution is -0.573. The third kappa shape index (κ3) is 4.98. The minimum absolute atomic E-state index is 0.0472. The second-order valence-electron chi connectivity index (χ2n) is 16.5. The highest BCUT2D eigenvalue weighted by molar-refractivity contribution is 7.48. The van der Waals surface area contributed by atoms with Crippen LogP contribution in [-0.2, 0) is 56.6 Å². The number of hydrogen-bond acceptors (Lipinski definition) is 12. The predicted octanol–water partition coefficient (Wildman–Crippen LogP) is 6.66. The van der Waals surface area contributed by atoms with Gasteiger partial charge in [0.15, 0.2) is 23.8 Å². The van der Waals surface area contributed by atoms with E-state index >= 15 is 0 Å². The molecule has 4 bridgehead atoms. The van der Waals surface area contributed by atoms with Gasteiger partial charge in [-0.1, -0.05) is 27.7 Å². The Morgan fingerprint density at radius 2 is 1.19 bits per heavy atom. The van der Waals surface area contributed by atoms with Gasteiger partial charge in [0.05, 0.1) is 18.3 Å². The van der Waals surface area contributed by atoms with Gasteiger partial charge in [-0.05, 0) is 87.9 Å². The van der Waals surface area contributed by atoms with Crippen molar-refractivity contribution in [2.75, 3.05) is 14.2 Å². The molecule has 0 N–H and O–H groups in total. The first kappa shape index (κ1) is 33.9. The lowest BCUT2D eigenvalue weighted by Gasteiger charge is -2.62. The Morgan fingerprint density at radius 1 is 0.681 bits per heavy atom. The van der Waals surface area contributed by atoms with Crippen LogP contribution < -0.4 is 0 Å². The van der Waals surface area contributed by atoms with Crippen LogP contribution >= 0.6 is 7.82 Å². The summed E-state index contributed by atoms with van der Waals surface area (Å²) in [4.78, 5) is 24.9. The Kier molecular flexibility index (Phi) is 8.41. The topological polar surface area (TPSA) is 119 Å². The van der Waals surface area contributed by atoms with Gasteiger partial charge in [0.1, 0.15) is 0 Å². The van der Waals surface area contributed by atoms with Crippen molar-refractivity contribution in [2.24, 2.45) is 47.3 Å². The molecule has 2 aliphatic carbocycles. The van der Waals surface area contributed by atoms with E-state index in [4.69, 9.17) is 52.1 Å². The maximum absolute atomic E-state index is 13.7. The van der Waals surface area contributed by atoms with E-state index in [1.165, 1.54) is 14.2 Å². The van der Waals surface area contributed by atoms with E-state index in [1.54, 1.807) is 0 Å². The van der Waals surface area contributed by atoms with Crippen molar-refractivity contribution >= 4 is 7.82 Å². The highest BCUT2D eigenvalue weighted by Gasteiger charge is 2.72. The third-order valence-electron chi connectivity index (χ3n) is 14.0. The van der Waals surface area contributed by atoms with Crippen molar-refractivity contribution in [1.29, 1.82) is 0 Å². The SMILES string of the molecule is COP(=O)(OC)O[C@@H](C[C@H]1O[C@@H]2O[C@]3(C)CC[C@H]4[C@H](C)CC[C@@H]([C@H]1C)C24OO3)C1O[C@@H]2O[C@]3(C)CC[C@H]4[C@H](C)CC[C@@H]([C@H]1C)C24OO3. The van der Waals surface area contributed by atoms with E-state index in [0.717, 1.165) is 51.4 Å². The zero-order valence-electron chi connectivity index (χ0n) is 29.2. The van der Waals surface area contributed by atoms with Gasteiger partial charge in [-0.2, -0.15) is 0 Å². The molecule has 268 valence electrons. The zero-order valence-corrected chi connectivity index (χ0v) is 30.1. The quantitative estimate of drug-likeness (QED) is 0.210. The lowest BCUT2D eigenvalue weighted by atomic mass is 9.56. The molecule has 3 unspecified atom stereocenters. The summed E-state index contributed by atoms with van der Waals surface area (Å²) >= 11 is 0. The van der Waals surface area contributed by atoms with Crippen molar-refractivity contribution in [3.05, 3.63) is 0 Å². The van der Waals surface area contributed by atoms with E-state index < -0.39 is 55.4 Å². The molecule has 10 aliphatic rings. The van der Waals surface area contributed by atoms with Crippen LogP contribution in [0.5, 0.6) is 0 Å². The molecule has 2 spiro atoms. The largest absolute Gasteiger partial charge is 0.474 e. The van der Waals surface area contributed by atoms with Gasteiger partial charge in [-0.15, -0.1) is 0 Å². The van der Waals surface area contributed by atoms with Gasteiger partial charge < -0.3 is 18.9 Å². The standard InChI is InChI=1S/C34H55O12P/c1-18-9-11-24-20(3)26(38-29-33(24)22(18)13-15-31(5,40-29)43-45-33)17-27(42-47(35,36-7)37-8)28-21(4)25-12-10-19(2)23-14-16-32(6)41-30(39-28)34(23,25)46-44-32/h18-30H,9-17H2,1-8H3/t18-,19-,20-,21-,22+,23+,24+,25+,26-,27+,28?,29-,30-,31+,32+,33?,34?/m1/s1. The highest BCUT2D eigenvalue weighted by Crippen LogP contribution is 2.64.